The van der Waals surface area contributed by atoms with Crippen LogP contribution in [0.5, 0.6) is 40.2 Å². The maximum Gasteiger partial charge on any atom is 0.243 e. The Labute approximate surface area is 822 Å². The molecular weight excluding hydrogens is 1780 g/mol. The number of hydrogen-bond donors (Lipinski definition) is 0. The van der Waals surface area contributed by atoms with Crippen LogP contribution in [0.25, 0.3) is 4.85 Å². The van der Waals surface area contributed by atoms with E-state index < -0.39 is 9.84 Å². The fourth-order valence-corrected chi connectivity index (χ4v) is 23.9. The molecule has 0 aromatic carbocycles. The van der Waals surface area contributed by atoms with Crippen molar-refractivity contribution >= 4 is 50.6 Å². The summed E-state index contributed by atoms with van der Waals surface area (Å²) in [6.07, 6.45) is 28.1. The van der Waals surface area contributed by atoms with E-state index in [1.807, 2.05) is 67.8 Å². The van der Waals surface area contributed by atoms with Gasteiger partial charge < -0.3 is 96.0 Å². The van der Waals surface area contributed by atoms with E-state index in [1.165, 1.54) is 46.2 Å². The van der Waals surface area contributed by atoms with E-state index in [1.54, 1.807) is 6.20 Å². The lowest BCUT2D eigenvalue weighted by Gasteiger charge is -2.41. The van der Waals surface area contributed by atoms with Crippen LogP contribution in [-0.4, -0.2) is 269 Å². The van der Waals surface area contributed by atoms with Crippen molar-refractivity contribution in [2.45, 2.75) is 295 Å². The first-order valence-electron chi connectivity index (χ1n) is 51.6. The van der Waals surface area contributed by atoms with Gasteiger partial charge in [-0.15, -0.1) is 0 Å². The van der Waals surface area contributed by atoms with Crippen LogP contribution in [0.4, 0.5) is 40.7 Å². The Hall–Kier alpha value is -10.3. The van der Waals surface area contributed by atoms with Gasteiger partial charge in [0.05, 0.1) is 111 Å². The molecule has 14 atom stereocenters. The van der Waals surface area contributed by atoms with Crippen molar-refractivity contribution in [2.24, 2.45) is 5.92 Å². The molecule has 0 aliphatic carbocycles. The second kappa shape index (κ2) is 43.7. The first-order chi connectivity index (χ1) is 67.3. The van der Waals surface area contributed by atoms with E-state index >= 15 is 0 Å². The Morgan fingerprint density at radius 1 is 0.374 bits per heavy atom. The molecule has 24 rings (SSSR count). The third-order valence-electron chi connectivity index (χ3n) is 30.0. The fourth-order valence-electron chi connectivity index (χ4n) is 22.4. The monoisotopic (exact) mass is 1930 g/mol. The molecule has 24 heterocycles. The largest absolute Gasteiger partial charge is 0.487 e. The van der Waals surface area contributed by atoms with E-state index in [-0.39, 0.29) is 48.0 Å². The second-order valence-corrected chi connectivity index (χ2v) is 44.4. The van der Waals surface area contributed by atoms with Crippen molar-refractivity contribution in [3.05, 3.63) is 155 Å². The fraction of sp³-hybridized carbons (Fsp3) is 0.636. The summed E-state index contributed by atoms with van der Waals surface area (Å²) in [5.74, 6) is 17.7. The van der Waals surface area contributed by atoms with Gasteiger partial charge in [0.25, 0.3) is 0 Å². The van der Waals surface area contributed by atoms with Crippen molar-refractivity contribution < 1.29 is 65.3 Å². The van der Waals surface area contributed by atoms with Crippen molar-refractivity contribution in [3.63, 3.8) is 0 Å². The van der Waals surface area contributed by atoms with E-state index in [9.17, 15) is 8.42 Å². The highest BCUT2D eigenvalue weighted by Crippen LogP contribution is 2.50. The minimum absolute atomic E-state index is 0.0917. The normalized spacial score (nSPS) is 26.2. The summed E-state index contributed by atoms with van der Waals surface area (Å²) in [7, 11) is -2.93. The van der Waals surface area contributed by atoms with E-state index in [4.69, 9.17) is 63.4 Å². The molecule has 0 N–H and O–H groups in total. The van der Waals surface area contributed by atoms with Crippen LogP contribution < -0.4 is 67.5 Å². The molecule has 8 aromatic heterocycles. The topological polar surface area (TPSA) is 280 Å². The molecule has 14 unspecified atom stereocenters. The summed E-state index contributed by atoms with van der Waals surface area (Å²) >= 11 is 0. The summed E-state index contributed by atoms with van der Waals surface area (Å²) in [5.41, 5.74) is 8.64. The standard InChI is InChI=1S/C17H24N2O3.C16H20N4O.C16H22N2O3.C16H24N2O2.C15H22N2O.C14H17N3O.C13H18N2O3S/c1-11(2)15-3-5-18-17-16(15)21-9-12-7-14(8-19(12)17)22-13-4-6-20-10-13;1-11(2)14-4-6-17-16-15(14)21-10-13-8-12(9-19(13)16)20-7-3-5-18-20;1-10(2)14-3-4-17-16-15(14)20-7-11-5-12(6-18(11)16)21-13-8-19-9-13;1-4-7-19-13-8-12-10-20-15-14(11(2)3)5-6-17-16(15)18(12)9-13;1-4-11-7-12-9-18-14-13(10(2)3)5-6-16-15(14)17(12)8-11;1-9(2)12-4-5-16-14-13(12)18-8-11-6-10(15-3)7-17(11)14;1-9(2)11-3-4-14-13-12(11)18-7-10-8-19(16,17)6-5-15(10)13/h3,5,11-14H,4,6-10H2,1-2H3;3-7,11-13H,8-10H2,1-2H3;3-4,10-13H,5-9H2,1-2H3;5-6,11-13H,4,7-10H2,1-3H3;5-6,10-12H,4,7-9H2,1-3H3;4-5,9-11H,6-8H2,1-2H3;3-4,9-10H,5-8H2,1-2H3. The molecule has 9 saturated heterocycles. The quantitative estimate of drug-likeness (QED) is 0.0812. The number of rotatable bonds is 16. The molecule has 9 fully saturated rings. The lowest BCUT2D eigenvalue weighted by Crippen LogP contribution is -2.53. The average Bonchev–Trinajstić information content (AvgIpc) is 1.68. The highest BCUT2D eigenvalue weighted by Gasteiger charge is 2.48. The first-order valence-corrected chi connectivity index (χ1v) is 53.4. The number of anilines is 7. The molecule has 0 spiro atoms. The maximum absolute atomic E-state index is 11.7. The summed E-state index contributed by atoms with van der Waals surface area (Å²) in [6.45, 7) is 57.1. The Bertz CT molecular complexity index is 5640. The third kappa shape index (κ3) is 21.6. The van der Waals surface area contributed by atoms with Crippen molar-refractivity contribution in [2.75, 3.05) is 171 Å². The number of pyridine rings is 7. The van der Waals surface area contributed by atoms with Gasteiger partial charge in [0.1, 0.15) is 52.4 Å². The number of hydrogen-bond acceptors (Lipinski definition) is 29. The summed E-state index contributed by atoms with van der Waals surface area (Å²) in [6, 6.07) is 19.2. The first kappa shape index (κ1) is 98.9. The SMILES string of the molecule is CC(C)c1ccnc2c1OCC1CC(OC3CCOC3)CN21.CC(C)c1ccnc2c1OCC1CC(OC3COC3)CN21.CC(C)c1ccnc2c1OCC1CC(n3cccn3)CN21.CC(C)c1ccnc2c1OCC1CS(=O)(=O)CCN21.CCC1CC2COc3c(C(C)C)ccnc3N2C1.CCCOC1CC2COc3c(C(C)C)ccnc3N2C1.[C-]#[N+]C1CC2COc3c(C(C)C)ccnc3N2C1. The minimum Gasteiger partial charge on any atom is -0.487 e. The minimum atomic E-state index is -2.93. The summed E-state index contributed by atoms with van der Waals surface area (Å²) in [5, 5.41) is 4.39. The van der Waals surface area contributed by atoms with E-state index in [0.717, 1.165) is 243 Å². The van der Waals surface area contributed by atoms with Crippen molar-refractivity contribution in [1.82, 2.24) is 44.7 Å². The molecule has 0 radical (unpaired) electrons. The van der Waals surface area contributed by atoms with Gasteiger partial charge in [0, 0.05) is 154 Å². The number of aromatic nitrogens is 9. The molecule has 0 saturated carbocycles. The molecule has 0 bridgehead atoms. The van der Waals surface area contributed by atoms with Gasteiger partial charge in [-0.3, -0.25) is 4.68 Å². The second-order valence-electron chi connectivity index (χ2n) is 42.2. The zero-order valence-corrected chi connectivity index (χ0v) is 85.3. The molecule has 16 aliphatic heterocycles. The predicted molar refractivity (Wildman–Crippen MR) is 540 cm³/mol. The van der Waals surface area contributed by atoms with Crippen LogP contribution in [0.1, 0.15) is 255 Å². The lowest BCUT2D eigenvalue weighted by molar-refractivity contribution is -0.150. The van der Waals surface area contributed by atoms with Crippen LogP contribution in [0, 0.1) is 12.5 Å². The van der Waals surface area contributed by atoms with Gasteiger partial charge >= 0.3 is 0 Å². The van der Waals surface area contributed by atoms with Crippen molar-refractivity contribution in [3.8, 4) is 40.2 Å². The third-order valence-corrected chi connectivity index (χ3v) is 31.7. The smallest absolute Gasteiger partial charge is 0.243 e. The van der Waals surface area contributed by atoms with Gasteiger partial charge in [-0.1, -0.05) is 117 Å². The molecule has 8 aromatic rings. The van der Waals surface area contributed by atoms with Crippen molar-refractivity contribution in [1.29, 1.82) is 0 Å². The van der Waals surface area contributed by atoms with Crippen LogP contribution in [0.15, 0.2) is 104 Å². The highest BCUT2D eigenvalue weighted by atomic mass is 32.2. The Morgan fingerprint density at radius 2 is 0.719 bits per heavy atom. The van der Waals surface area contributed by atoms with Crippen LogP contribution in [0.2, 0.25) is 0 Å². The van der Waals surface area contributed by atoms with Gasteiger partial charge in [-0.2, -0.15) is 5.10 Å². The number of nitrogens with zero attached hydrogens (tertiary/aromatic N) is 17. The van der Waals surface area contributed by atoms with Gasteiger partial charge in [0.2, 0.25) is 6.04 Å². The molecular formula is C107H147N17O14S. The molecule has 750 valence electrons. The highest BCUT2D eigenvalue weighted by molar-refractivity contribution is 7.91. The zero-order chi connectivity index (χ0) is 97.0. The Morgan fingerprint density at radius 3 is 1.08 bits per heavy atom. The van der Waals surface area contributed by atoms with E-state index in [2.05, 4.69) is 225 Å². The van der Waals surface area contributed by atoms with Gasteiger partial charge in [-0.05, 0) is 141 Å². The molecule has 16 aliphatic rings. The maximum atomic E-state index is 11.7. The summed E-state index contributed by atoms with van der Waals surface area (Å²) in [4.78, 5) is 51.8. The predicted octanol–water partition coefficient (Wildman–Crippen LogP) is 16.8. The molecule has 31 nitrogen and oxygen atoms in total. The van der Waals surface area contributed by atoms with Crippen LogP contribution in [-0.2, 0) is 33.5 Å². The zero-order valence-electron chi connectivity index (χ0n) is 84.5. The van der Waals surface area contributed by atoms with Crippen LogP contribution >= 0.6 is 0 Å². The van der Waals surface area contributed by atoms with Gasteiger partial charge in [0.15, 0.2) is 90.8 Å². The number of fused-ring (bicyclic) bond motifs is 21. The average molecular weight is 1930 g/mol. The van der Waals surface area contributed by atoms with Gasteiger partial charge in [-0.25, -0.2) is 49.9 Å². The number of ether oxygens (including phenoxy) is 12. The van der Waals surface area contributed by atoms with E-state index in [0.29, 0.717) is 110 Å². The molecule has 0 amide bonds. The molecule has 32 heteroatoms. The Kier molecular flexibility index (Phi) is 31.0. The number of sulfone groups is 1. The molecule has 139 heavy (non-hydrogen) atoms. The lowest BCUT2D eigenvalue weighted by atomic mass is 10.0. The van der Waals surface area contributed by atoms with Crippen LogP contribution in [0.3, 0.4) is 0 Å². The summed E-state index contributed by atoms with van der Waals surface area (Å²) < 4.78 is 96.2. The Balaban J connectivity index is 0.000000108.